The largest absolute Gasteiger partial charge is 0.393 e. The summed E-state index contributed by atoms with van der Waals surface area (Å²) in [6.07, 6.45) is 8.16. The molecular formula is C18H29NO. The fraction of sp³-hybridized carbons (Fsp3) is 0.667. The van der Waals surface area contributed by atoms with E-state index < -0.39 is 0 Å². The summed E-state index contributed by atoms with van der Waals surface area (Å²) in [5.41, 5.74) is 1.40. The molecule has 2 nitrogen and oxygen atoms in total. The topological polar surface area (TPSA) is 32.3 Å². The van der Waals surface area contributed by atoms with Crippen molar-refractivity contribution in [2.24, 2.45) is 5.92 Å². The first-order chi connectivity index (χ1) is 9.79. The SMILES string of the molecule is CCCCCC(NCC1CCC(O)C1)c1ccccc1. The Balaban J connectivity index is 1.85. The van der Waals surface area contributed by atoms with E-state index in [-0.39, 0.29) is 6.10 Å². The van der Waals surface area contributed by atoms with Crippen LogP contribution in [0.15, 0.2) is 30.3 Å². The van der Waals surface area contributed by atoms with Crippen LogP contribution in [-0.2, 0) is 0 Å². The third-order valence-corrected chi connectivity index (χ3v) is 4.46. The number of hydrogen-bond acceptors (Lipinski definition) is 2. The van der Waals surface area contributed by atoms with Crippen molar-refractivity contribution in [3.8, 4) is 0 Å². The van der Waals surface area contributed by atoms with Crippen LogP contribution < -0.4 is 5.32 Å². The summed E-state index contributed by atoms with van der Waals surface area (Å²) in [4.78, 5) is 0. The molecule has 3 atom stereocenters. The van der Waals surface area contributed by atoms with Crippen molar-refractivity contribution in [3.63, 3.8) is 0 Å². The van der Waals surface area contributed by atoms with E-state index in [1.807, 2.05) is 0 Å². The highest BCUT2D eigenvalue weighted by Gasteiger charge is 2.23. The molecule has 1 aromatic carbocycles. The van der Waals surface area contributed by atoms with Crippen LogP contribution in [0.3, 0.4) is 0 Å². The van der Waals surface area contributed by atoms with E-state index >= 15 is 0 Å². The number of unbranched alkanes of at least 4 members (excludes halogenated alkanes) is 2. The summed E-state index contributed by atoms with van der Waals surface area (Å²) in [6, 6.07) is 11.3. The summed E-state index contributed by atoms with van der Waals surface area (Å²) in [6.45, 7) is 3.30. The zero-order chi connectivity index (χ0) is 14.2. The van der Waals surface area contributed by atoms with Crippen LogP contribution in [0.2, 0.25) is 0 Å². The molecule has 2 rings (SSSR count). The van der Waals surface area contributed by atoms with E-state index in [0.717, 1.165) is 19.4 Å². The van der Waals surface area contributed by atoms with Gasteiger partial charge in [-0.1, -0.05) is 56.5 Å². The number of benzene rings is 1. The maximum atomic E-state index is 9.63. The zero-order valence-electron chi connectivity index (χ0n) is 12.7. The molecule has 0 aliphatic heterocycles. The monoisotopic (exact) mass is 275 g/mol. The van der Waals surface area contributed by atoms with Gasteiger partial charge in [-0.05, 0) is 43.7 Å². The number of rotatable bonds is 8. The van der Waals surface area contributed by atoms with Crippen LogP contribution >= 0.6 is 0 Å². The minimum Gasteiger partial charge on any atom is -0.393 e. The minimum absolute atomic E-state index is 0.0583. The highest BCUT2D eigenvalue weighted by atomic mass is 16.3. The van der Waals surface area contributed by atoms with Crippen LogP contribution in [0.4, 0.5) is 0 Å². The third-order valence-electron chi connectivity index (χ3n) is 4.46. The molecule has 0 radical (unpaired) electrons. The fourth-order valence-corrected chi connectivity index (χ4v) is 3.21. The van der Waals surface area contributed by atoms with Gasteiger partial charge < -0.3 is 10.4 Å². The Kier molecular flexibility index (Phi) is 6.55. The molecule has 0 heterocycles. The van der Waals surface area contributed by atoms with Gasteiger partial charge in [-0.2, -0.15) is 0 Å². The zero-order valence-corrected chi connectivity index (χ0v) is 12.7. The van der Waals surface area contributed by atoms with Crippen LogP contribution in [0.25, 0.3) is 0 Å². The number of nitrogens with one attached hydrogen (secondary N) is 1. The van der Waals surface area contributed by atoms with Gasteiger partial charge in [0.05, 0.1) is 6.10 Å². The second-order valence-electron chi connectivity index (χ2n) is 6.20. The normalized spacial score (nSPS) is 23.9. The lowest BCUT2D eigenvalue weighted by atomic mass is 9.99. The molecule has 0 saturated heterocycles. The first kappa shape index (κ1) is 15.5. The van der Waals surface area contributed by atoms with Gasteiger partial charge in [-0.25, -0.2) is 0 Å². The van der Waals surface area contributed by atoms with Gasteiger partial charge in [0.15, 0.2) is 0 Å². The van der Waals surface area contributed by atoms with Gasteiger partial charge in [-0.15, -0.1) is 0 Å². The van der Waals surface area contributed by atoms with Crippen molar-refractivity contribution in [2.45, 2.75) is 64.0 Å². The van der Waals surface area contributed by atoms with Gasteiger partial charge in [0, 0.05) is 6.04 Å². The van der Waals surface area contributed by atoms with Gasteiger partial charge in [-0.3, -0.25) is 0 Å². The molecule has 1 aromatic rings. The lowest BCUT2D eigenvalue weighted by Gasteiger charge is -2.21. The molecule has 0 bridgehead atoms. The Labute approximate surface area is 123 Å². The summed E-state index contributed by atoms with van der Waals surface area (Å²) in [5.74, 6) is 0.655. The highest BCUT2D eigenvalue weighted by molar-refractivity contribution is 5.18. The van der Waals surface area contributed by atoms with E-state index in [9.17, 15) is 5.11 Å². The van der Waals surface area contributed by atoms with E-state index in [1.54, 1.807) is 0 Å². The Morgan fingerprint density at radius 2 is 2.00 bits per heavy atom. The first-order valence-electron chi connectivity index (χ1n) is 8.26. The van der Waals surface area contributed by atoms with Crippen LogP contribution in [0.5, 0.6) is 0 Å². The predicted molar refractivity (Wildman–Crippen MR) is 84.7 cm³/mol. The third kappa shape index (κ3) is 4.92. The highest BCUT2D eigenvalue weighted by Crippen LogP contribution is 2.26. The van der Waals surface area contributed by atoms with Gasteiger partial charge in [0.2, 0.25) is 0 Å². The maximum Gasteiger partial charge on any atom is 0.0543 e. The second-order valence-corrected chi connectivity index (χ2v) is 6.20. The van der Waals surface area contributed by atoms with Crippen molar-refractivity contribution < 1.29 is 5.11 Å². The van der Waals surface area contributed by atoms with Crippen LogP contribution in [0, 0.1) is 5.92 Å². The average Bonchev–Trinajstić information content (AvgIpc) is 2.89. The molecule has 0 aromatic heterocycles. The van der Waals surface area contributed by atoms with E-state index in [1.165, 1.54) is 37.7 Å². The molecule has 3 unspecified atom stereocenters. The van der Waals surface area contributed by atoms with Gasteiger partial charge in [0.25, 0.3) is 0 Å². The molecule has 112 valence electrons. The number of hydrogen-bond donors (Lipinski definition) is 2. The molecule has 20 heavy (non-hydrogen) atoms. The predicted octanol–water partition coefficient (Wildman–Crippen LogP) is 4.06. The van der Waals surface area contributed by atoms with Crippen molar-refractivity contribution in [1.82, 2.24) is 5.32 Å². The fourth-order valence-electron chi connectivity index (χ4n) is 3.21. The number of aliphatic hydroxyl groups is 1. The average molecular weight is 275 g/mol. The Bertz CT molecular complexity index is 365. The molecular weight excluding hydrogens is 246 g/mol. The maximum absolute atomic E-state index is 9.63. The van der Waals surface area contributed by atoms with E-state index in [4.69, 9.17) is 0 Å². The molecule has 2 N–H and O–H groups in total. The molecule has 2 heteroatoms. The van der Waals surface area contributed by atoms with Crippen LogP contribution in [0.1, 0.15) is 63.5 Å². The lowest BCUT2D eigenvalue weighted by molar-refractivity contribution is 0.177. The quantitative estimate of drug-likeness (QED) is 0.701. The van der Waals surface area contributed by atoms with Crippen molar-refractivity contribution in [2.75, 3.05) is 6.54 Å². The molecule has 0 spiro atoms. The van der Waals surface area contributed by atoms with Crippen molar-refractivity contribution in [3.05, 3.63) is 35.9 Å². The summed E-state index contributed by atoms with van der Waals surface area (Å²) in [7, 11) is 0. The van der Waals surface area contributed by atoms with Crippen molar-refractivity contribution in [1.29, 1.82) is 0 Å². The summed E-state index contributed by atoms with van der Waals surface area (Å²) >= 11 is 0. The summed E-state index contributed by atoms with van der Waals surface area (Å²) in [5, 5.41) is 13.4. The molecule has 1 aliphatic rings. The first-order valence-corrected chi connectivity index (χ1v) is 8.26. The van der Waals surface area contributed by atoms with Crippen LogP contribution in [-0.4, -0.2) is 17.8 Å². The molecule has 1 fully saturated rings. The van der Waals surface area contributed by atoms with E-state index in [0.29, 0.717) is 12.0 Å². The lowest BCUT2D eigenvalue weighted by Crippen LogP contribution is -2.27. The van der Waals surface area contributed by atoms with Gasteiger partial charge >= 0.3 is 0 Å². The van der Waals surface area contributed by atoms with Crippen molar-refractivity contribution >= 4 is 0 Å². The standard InChI is InChI=1S/C18H29NO/c1-2-3-5-10-18(16-8-6-4-7-9-16)19-14-15-11-12-17(20)13-15/h4,6-9,15,17-20H,2-3,5,10-14H2,1H3. The molecule has 0 amide bonds. The molecule has 1 saturated carbocycles. The Morgan fingerprint density at radius 1 is 1.20 bits per heavy atom. The Morgan fingerprint density at radius 3 is 2.65 bits per heavy atom. The summed E-state index contributed by atoms with van der Waals surface area (Å²) < 4.78 is 0. The molecule has 1 aliphatic carbocycles. The smallest absolute Gasteiger partial charge is 0.0543 e. The van der Waals surface area contributed by atoms with Gasteiger partial charge in [0.1, 0.15) is 0 Å². The van der Waals surface area contributed by atoms with E-state index in [2.05, 4.69) is 42.6 Å². The Hall–Kier alpha value is -0.860. The number of aliphatic hydroxyl groups excluding tert-OH is 1. The minimum atomic E-state index is -0.0583. The second kappa shape index (κ2) is 8.43.